The summed E-state index contributed by atoms with van der Waals surface area (Å²) in [6.07, 6.45) is -23.1. The molecule has 1 N–H and O–H groups in total. The van der Waals surface area contributed by atoms with Crippen molar-refractivity contribution >= 4 is 71.6 Å². The topological polar surface area (TPSA) is 405 Å². The van der Waals surface area contributed by atoms with Gasteiger partial charge in [-0.3, -0.25) is 52.7 Å². The molecule has 3 aliphatic heterocycles. The number of carboxylic acid groups (broad SMARTS) is 1. The Morgan fingerprint density at radius 2 is 0.990 bits per heavy atom. The maximum atomic E-state index is 14.3. The molecule has 31 nitrogen and oxygen atoms in total. The molecule has 7 aliphatic rings. The van der Waals surface area contributed by atoms with Gasteiger partial charge in [-0.1, -0.05) is 43.6 Å². The summed E-state index contributed by atoms with van der Waals surface area (Å²) >= 11 is 0. The van der Waals surface area contributed by atoms with Crippen LogP contribution in [-0.2, 0) is 138 Å². The van der Waals surface area contributed by atoms with Gasteiger partial charge in [0.05, 0.1) is 18.7 Å². The van der Waals surface area contributed by atoms with E-state index in [0.717, 1.165) is 80.4 Å². The second-order valence-electron chi connectivity index (χ2n) is 27.4. The number of carboxylic acids is 1. The summed E-state index contributed by atoms with van der Waals surface area (Å²) in [5, 5.41) is 28.0. The van der Waals surface area contributed by atoms with Crippen LogP contribution in [0, 0.1) is 34.0 Å². The van der Waals surface area contributed by atoms with Crippen LogP contribution in [0.15, 0.2) is 22.8 Å². The van der Waals surface area contributed by atoms with Gasteiger partial charge >= 0.3 is 95.2 Å². The predicted molar refractivity (Wildman–Crippen MR) is 329 cm³/mol. The number of ether oxygens (including phenoxy) is 17. The molecule has 0 radical (unpaired) electrons. The number of allylic oxidation sites excluding steroid dienone is 2. The number of carbonyl (C=O) groups is 12. The van der Waals surface area contributed by atoms with Crippen molar-refractivity contribution in [2.75, 3.05) is 26.4 Å². The number of hydrogen-bond acceptors (Lipinski definition) is 31. The molecule has 4 aliphatic carbocycles. The van der Waals surface area contributed by atoms with Gasteiger partial charge in [0.15, 0.2) is 67.7 Å². The number of hydrogen-bond donors (Lipinski definition) is 1. The minimum Gasteiger partial charge on any atom is -0.549 e. The molecular weight excluding hydrogens is 1340 g/mol. The smallest absolute Gasteiger partial charge is 0.549 e. The Bertz CT molecular complexity index is 3120. The summed E-state index contributed by atoms with van der Waals surface area (Å²) in [6, 6.07) is 0. The van der Waals surface area contributed by atoms with E-state index in [1.807, 2.05) is 40.7 Å². The molecule has 100 heavy (non-hydrogen) atoms. The van der Waals surface area contributed by atoms with E-state index in [2.05, 4.69) is 0 Å². The zero-order valence-corrected chi connectivity index (χ0v) is 61.9. The number of aliphatic hydroxyl groups is 1. The van der Waals surface area contributed by atoms with Gasteiger partial charge in [-0.15, -0.1) is 0 Å². The van der Waals surface area contributed by atoms with Gasteiger partial charge in [0.2, 0.25) is 0 Å². The average molecular weight is 1430 g/mol. The van der Waals surface area contributed by atoms with E-state index in [9.17, 15) is 67.7 Å². The summed E-state index contributed by atoms with van der Waals surface area (Å²) in [4.78, 5) is 156. The first-order valence-corrected chi connectivity index (χ1v) is 33.2. The van der Waals surface area contributed by atoms with E-state index < -0.39 is 224 Å². The maximum absolute atomic E-state index is 14.3. The summed E-state index contributed by atoms with van der Waals surface area (Å²) in [5.74, 6) is -12.5. The number of rotatable bonds is 25. The van der Waals surface area contributed by atoms with Gasteiger partial charge in [0, 0.05) is 93.9 Å². The van der Waals surface area contributed by atoms with Crippen molar-refractivity contribution in [3.05, 3.63) is 22.8 Å². The molecule has 0 amide bonds. The van der Waals surface area contributed by atoms with E-state index in [4.69, 9.17) is 80.5 Å². The molecule has 0 unspecified atom stereocenters. The number of esters is 11. The fourth-order valence-corrected chi connectivity index (χ4v) is 16.5. The van der Waals surface area contributed by atoms with E-state index >= 15 is 0 Å². The predicted octanol–water partition coefficient (Wildman–Crippen LogP) is 0.272. The zero-order chi connectivity index (χ0) is 73.6. The van der Waals surface area contributed by atoms with E-state index in [1.165, 1.54) is 6.92 Å². The van der Waals surface area contributed by atoms with Crippen molar-refractivity contribution in [1.82, 2.24) is 0 Å². The van der Waals surface area contributed by atoms with E-state index in [1.54, 1.807) is 0 Å². The van der Waals surface area contributed by atoms with Gasteiger partial charge in [0.1, 0.15) is 49.8 Å². The number of aliphatic carboxylic acids is 1. The summed E-state index contributed by atoms with van der Waals surface area (Å²) in [7, 11) is 0. The number of fused-ring (bicyclic) bond motifs is 4. The third-order valence-electron chi connectivity index (χ3n) is 20.3. The molecular formula is C68H95NaO31. The molecule has 0 bridgehead atoms. The Hall–Kier alpha value is -6.16. The fourth-order valence-electron chi connectivity index (χ4n) is 16.5. The first-order chi connectivity index (χ1) is 46.3. The first-order valence-electron chi connectivity index (χ1n) is 33.2. The van der Waals surface area contributed by atoms with Crippen molar-refractivity contribution in [2.45, 2.75) is 272 Å². The zero-order valence-electron chi connectivity index (χ0n) is 59.9. The maximum Gasteiger partial charge on any atom is 1.00 e. The average Bonchev–Trinajstić information content (AvgIpc) is 1.35. The Morgan fingerprint density at radius 1 is 0.520 bits per heavy atom. The normalized spacial score (nSPS) is 35.6. The molecule has 554 valence electrons. The standard InChI is InChI=1S/C68H96O31.Na/c1-31(2)17-19-47(87-36(7)72)32(3)44-22-26-67(64(80)81)46-18-20-51-65(15,45(46)21-25-66(44,67)16)24-23-52(68(51,82)30-86-35(6)71)98-63-60(57(92-41(12)77)54(89-38(9)74)49(97-63)28-84-34(5)70)99-61-58(93-42(13)78)55(90-39(10)75)50(29-85-61)96-62-59(94-43(14)79)56(91-40(11)76)53(88-37(8)73)48(95-62)27-83-33(4)69;/h17,32,44,47-63,82H,18-30H2,1-16H3,(H,80,81);/q;+1/p-1/t32-,44+,47-,48+,49+,50-,51+,52-,53-,54-,55-,56-,57-,58+,59+,60+,61+,62-,63-,65+,66+,67-,68+;/m0./s1. The van der Waals surface area contributed by atoms with Gasteiger partial charge in [-0.2, -0.15) is 0 Å². The monoisotopic (exact) mass is 1430 g/mol. The van der Waals surface area contributed by atoms with Crippen molar-refractivity contribution in [2.24, 2.45) is 34.0 Å². The van der Waals surface area contributed by atoms with Gasteiger partial charge in [-0.25, -0.2) is 0 Å². The van der Waals surface area contributed by atoms with Gasteiger partial charge in [0.25, 0.3) is 0 Å². The minimum atomic E-state index is -2.20. The molecule has 0 aromatic rings. The quantitative estimate of drug-likeness (QED) is 0.0555. The van der Waals surface area contributed by atoms with Crippen LogP contribution in [0.25, 0.3) is 0 Å². The van der Waals surface area contributed by atoms with Crippen LogP contribution >= 0.6 is 0 Å². The van der Waals surface area contributed by atoms with Crippen LogP contribution < -0.4 is 34.7 Å². The molecule has 2 saturated carbocycles. The third kappa shape index (κ3) is 18.6. The van der Waals surface area contributed by atoms with Crippen molar-refractivity contribution < 1.29 is 178 Å². The van der Waals surface area contributed by atoms with Crippen molar-refractivity contribution in [3.63, 3.8) is 0 Å². The molecule has 5 fully saturated rings. The summed E-state index contributed by atoms with van der Waals surface area (Å²) < 4.78 is 102. The molecule has 7 rings (SSSR count). The van der Waals surface area contributed by atoms with Crippen LogP contribution in [0.3, 0.4) is 0 Å². The van der Waals surface area contributed by atoms with Crippen molar-refractivity contribution in [1.29, 1.82) is 0 Å². The number of carbonyl (C=O) groups excluding carboxylic acids is 12. The summed E-state index contributed by atoms with van der Waals surface area (Å²) in [5.41, 5.74) is -3.06. The van der Waals surface area contributed by atoms with Crippen LogP contribution in [0.2, 0.25) is 0 Å². The van der Waals surface area contributed by atoms with Gasteiger partial charge in [-0.05, 0) is 87.9 Å². The second kappa shape index (κ2) is 34.4. The largest absolute Gasteiger partial charge is 1.00 e. The van der Waals surface area contributed by atoms with Gasteiger partial charge < -0.3 is 95.5 Å². The SMILES string of the molecule is CC(=O)OC[C@H]1O[C@@H](O[C@H]2CO[C@H](O[C@H]3[C@H](O[C@H]4CC[C@]5(C)C6=C(CC[C@H]5[C@]4(O)COC(C)=O)[C@]4(C(=O)[O-])CC[C@H]([C@H](C)[C@H](CC=C(C)C)OC(C)=O)[C@@]4(C)CC6)O[C@H](COC(C)=O)[C@H](OC(C)=O)[C@@H]3OC(C)=O)[C@H](OC(C)=O)[C@H]2OC(C)=O)[C@H](OC(C)=O)[C@@H](OC(C)=O)[C@H]1OC(C)=O.[Na+]. The molecule has 0 aromatic carbocycles. The Morgan fingerprint density at radius 3 is 1.47 bits per heavy atom. The first kappa shape index (κ1) is 82.8. The Kier molecular flexibility index (Phi) is 28.5. The molecule has 3 saturated heterocycles. The fraction of sp³-hybridized carbons (Fsp3) is 0.765. The minimum absolute atomic E-state index is 0. The Balaban J connectivity index is 0.0000157. The van der Waals surface area contributed by atoms with Crippen LogP contribution in [-0.4, -0.2) is 207 Å². The van der Waals surface area contributed by atoms with E-state index in [-0.39, 0.29) is 73.5 Å². The van der Waals surface area contributed by atoms with E-state index in [0.29, 0.717) is 31.3 Å². The summed E-state index contributed by atoms with van der Waals surface area (Å²) in [6.45, 7) is 18.5. The van der Waals surface area contributed by atoms with Crippen LogP contribution in [0.4, 0.5) is 0 Å². The molecule has 32 heteroatoms. The van der Waals surface area contributed by atoms with Crippen LogP contribution in [0.5, 0.6) is 0 Å². The van der Waals surface area contributed by atoms with Crippen LogP contribution in [0.1, 0.15) is 169 Å². The third-order valence-corrected chi connectivity index (χ3v) is 20.3. The molecule has 0 spiro atoms. The molecule has 23 atom stereocenters. The Labute approximate surface area is 602 Å². The molecule has 0 aromatic heterocycles. The molecule has 3 heterocycles. The second-order valence-corrected chi connectivity index (χ2v) is 27.4. The van der Waals surface area contributed by atoms with Crippen molar-refractivity contribution in [3.8, 4) is 0 Å².